The van der Waals surface area contributed by atoms with Crippen LogP contribution in [0.25, 0.3) is 32.9 Å². The quantitative estimate of drug-likeness (QED) is 0.0849. The Morgan fingerprint density at radius 3 is 1.58 bits per heavy atom. The molecule has 2 amide bonds. The van der Waals surface area contributed by atoms with Crippen LogP contribution in [0.2, 0.25) is 5.28 Å². The number of fused-ring (bicyclic) bond motifs is 2. The van der Waals surface area contributed by atoms with Gasteiger partial charge in [-0.25, -0.2) is 29.5 Å². The van der Waals surface area contributed by atoms with Crippen LogP contribution >= 0.6 is 11.6 Å². The van der Waals surface area contributed by atoms with Crippen LogP contribution in [-0.4, -0.2) is 99.8 Å². The van der Waals surface area contributed by atoms with Crippen LogP contribution in [0.3, 0.4) is 0 Å². The zero-order valence-electron chi connectivity index (χ0n) is 38.8. The molecule has 4 N–H and O–H groups in total. The predicted molar refractivity (Wildman–Crippen MR) is 264 cm³/mol. The lowest BCUT2D eigenvalue weighted by atomic mass is 9.79. The number of carbonyl (C=O) groups excluding carboxylic acids is 2. The number of ether oxygens (including phenoxy) is 2. The van der Waals surface area contributed by atoms with Gasteiger partial charge in [0.2, 0.25) is 5.28 Å². The largest absolute Gasteiger partial charge is 0.488 e. The average Bonchev–Trinajstić information content (AvgIpc) is 3.29. The Morgan fingerprint density at radius 1 is 0.636 bits per heavy atom. The fraction of sp³-hybridized carbons (Fsp3) is 0.400. The Hall–Kier alpha value is -6.03. The molecule has 4 aromatic carbocycles. The monoisotopic (exact) mass is 916 g/mol. The molecule has 0 spiro atoms. The maximum absolute atomic E-state index is 11.9. The van der Waals surface area contributed by atoms with E-state index < -0.39 is 18.3 Å². The van der Waals surface area contributed by atoms with Crippen molar-refractivity contribution in [3.05, 3.63) is 115 Å². The first-order valence-corrected chi connectivity index (χ1v) is 22.9. The minimum atomic E-state index is -1.38. The molecule has 0 radical (unpaired) electrons. The van der Waals surface area contributed by atoms with Crippen molar-refractivity contribution in [2.24, 2.45) is 11.8 Å². The second-order valence-electron chi connectivity index (χ2n) is 18.6. The van der Waals surface area contributed by atoms with Crippen LogP contribution < -0.4 is 25.9 Å². The first kappa shape index (κ1) is 49.4. The lowest BCUT2D eigenvalue weighted by Crippen LogP contribution is -2.40. The van der Waals surface area contributed by atoms with Gasteiger partial charge in [0.05, 0.1) is 0 Å². The van der Waals surface area contributed by atoms with Gasteiger partial charge in [0.15, 0.2) is 5.82 Å². The molecule has 0 bridgehead atoms. The van der Waals surface area contributed by atoms with E-state index in [-0.39, 0.29) is 17.5 Å². The van der Waals surface area contributed by atoms with Crippen molar-refractivity contribution in [3.8, 4) is 11.4 Å². The average molecular weight is 917 g/mol. The third kappa shape index (κ3) is 15.6. The van der Waals surface area contributed by atoms with Gasteiger partial charge in [0.1, 0.15) is 22.8 Å². The number of anilines is 2. The molecule has 8 rings (SSSR count). The molecule has 4 heterocycles. The number of hydrogen-bond donors (Lipinski definition) is 4. The number of nitrogens with one attached hydrogen (secondary N) is 2. The van der Waals surface area contributed by atoms with E-state index in [1.54, 1.807) is 18.3 Å². The molecule has 348 valence electrons. The van der Waals surface area contributed by atoms with Crippen LogP contribution in [0.15, 0.2) is 109 Å². The summed E-state index contributed by atoms with van der Waals surface area (Å²) in [6.07, 6.45) is 6.82. The van der Waals surface area contributed by atoms with Gasteiger partial charge in [-0.3, -0.25) is 0 Å². The molecule has 0 atom stereocenters. The Labute approximate surface area is 393 Å². The molecular weight excluding hydrogens is 855 g/mol. The molecule has 6 aromatic rings. The fourth-order valence-corrected chi connectivity index (χ4v) is 7.82. The topological polar surface area (TPSA) is 175 Å². The number of benzene rings is 4. The summed E-state index contributed by atoms with van der Waals surface area (Å²) < 4.78 is 10.6. The smallest absolute Gasteiger partial charge is 0.444 e. The predicted octanol–water partition coefficient (Wildman–Crippen LogP) is 8.43. The maximum atomic E-state index is 11.9. The zero-order valence-corrected chi connectivity index (χ0v) is 39.5. The molecule has 2 aliphatic heterocycles. The molecule has 2 fully saturated rings. The highest BCUT2D eigenvalue weighted by molar-refractivity contribution is 6.58. The zero-order chi connectivity index (χ0) is 47.3. The van der Waals surface area contributed by atoms with Crippen LogP contribution in [-0.2, 0) is 9.47 Å². The van der Waals surface area contributed by atoms with Gasteiger partial charge in [0, 0.05) is 57.2 Å². The summed E-state index contributed by atoms with van der Waals surface area (Å²) >= 11 is 5.82. The van der Waals surface area contributed by atoms with Gasteiger partial charge in [-0.05, 0) is 136 Å². The Bertz CT molecular complexity index is 2520. The lowest BCUT2D eigenvalue weighted by molar-refractivity contribution is 0.0505. The van der Waals surface area contributed by atoms with Crippen LogP contribution in [0.4, 0.5) is 21.2 Å². The van der Waals surface area contributed by atoms with Crippen molar-refractivity contribution in [1.82, 2.24) is 30.6 Å². The number of piperidine rings is 2. The molecule has 2 aromatic heterocycles. The standard InChI is InChI=1S/C25H30N4O2.C15H23ClN4O2.C10H9BO2/c1-25(2,3)31-24(30)27-17-18-11-14-29(15-12-18)22-10-13-26-23(28-22)21-9-8-19-6-4-5-7-20(19)16-21;1-15(2,3)22-14(21)18-10-11-5-8-20(9-6-11)12-4-7-17-13(16)19-12;12-11(13)10-6-5-8-3-1-2-4-9(8)7-10/h4-10,13,16,18H,11-12,14-15,17H2,1-3H3,(H,27,30);4,7,11H,5-6,8-10H2,1-3H3,(H,18,21);1-7,12-13H. The lowest BCUT2D eigenvalue weighted by Gasteiger charge is -2.33. The van der Waals surface area contributed by atoms with Gasteiger partial charge in [-0.1, -0.05) is 78.9 Å². The molecular formula is C50H62BClN8O6. The number of aromatic nitrogens is 4. The van der Waals surface area contributed by atoms with Gasteiger partial charge in [0.25, 0.3) is 0 Å². The van der Waals surface area contributed by atoms with Crippen LogP contribution in [0.1, 0.15) is 67.2 Å². The molecule has 16 heteroatoms. The molecule has 66 heavy (non-hydrogen) atoms. The van der Waals surface area contributed by atoms with E-state index in [4.69, 9.17) is 36.1 Å². The van der Waals surface area contributed by atoms with Crippen molar-refractivity contribution in [3.63, 3.8) is 0 Å². The summed E-state index contributed by atoms with van der Waals surface area (Å²) in [5.41, 5.74) is 0.624. The first-order valence-electron chi connectivity index (χ1n) is 22.6. The van der Waals surface area contributed by atoms with Crippen molar-refractivity contribution in [2.75, 3.05) is 49.1 Å². The Kier molecular flexibility index (Phi) is 17.2. The summed E-state index contributed by atoms with van der Waals surface area (Å²) in [5.74, 6) is 3.47. The third-order valence-electron chi connectivity index (χ3n) is 11.1. The third-order valence-corrected chi connectivity index (χ3v) is 11.3. The van der Waals surface area contributed by atoms with E-state index in [1.807, 2.05) is 102 Å². The van der Waals surface area contributed by atoms with Gasteiger partial charge < -0.3 is 40.0 Å². The van der Waals surface area contributed by atoms with E-state index in [2.05, 4.69) is 65.7 Å². The van der Waals surface area contributed by atoms with Crippen molar-refractivity contribution < 1.29 is 29.1 Å². The highest BCUT2D eigenvalue weighted by Crippen LogP contribution is 2.26. The normalized spacial score (nSPS) is 14.6. The van der Waals surface area contributed by atoms with Gasteiger partial charge in [-0.15, -0.1) is 0 Å². The minimum absolute atomic E-state index is 0.270. The van der Waals surface area contributed by atoms with Crippen LogP contribution in [0.5, 0.6) is 0 Å². The molecule has 0 aliphatic carbocycles. The van der Waals surface area contributed by atoms with E-state index >= 15 is 0 Å². The highest BCUT2D eigenvalue weighted by Gasteiger charge is 2.24. The van der Waals surface area contributed by atoms with Gasteiger partial charge >= 0.3 is 19.3 Å². The Balaban J connectivity index is 0.000000178. The number of hydrogen-bond acceptors (Lipinski definition) is 12. The summed E-state index contributed by atoms with van der Waals surface area (Å²) in [5, 5.41) is 28.4. The number of halogens is 1. The summed E-state index contributed by atoms with van der Waals surface area (Å²) in [7, 11) is -1.38. The second kappa shape index (κ2) is 22.9. The van der Waals surface area contributed by atoms with E-state index in [9.17, 15) is 9.59 Å². The number of nitrogens with zero attached hydrogens (tertiary/aromatic N) is 6. The first-order chi connectivity index (χ1) is 31.5. The Morgan fingerprint density at radius 2 is 1.09 bits per heavy atom. The SMILES string of the molecule is CC(C)(C)OC(=O)NCC1CCN(c2ccnc(-c3ccc4ccccc4c3)n2)CC1.CC(C)(C)OC(=O)NCC1CCN(c2ccnc(Cl)n2)CC1.OB(O)c1ccc2ccccc2c1. The van der Waals surface area contributed by atoms with Gasteiger partial charge in [-0.2, -0.15) is 0 Å². The number of carbonyl (C=O) groups is 2. The second-order valence-corrected chi connectivity index (χ2v) is 18.9. The number of alkyl carbamates (subject to hydrolysis) is 2. The van der Waals surface area contributed by atoms with E-state index in [1.165, 1.54) is 10.8 Å². The molecule has 14 nitrogen and oxygen atoms in total. The van der Waals surface area contributed by atoms with Crippen molar-refractivity contribution >= 4 is 69.5 Å². The summed E-state index contributed by atoms with van der Waals surface area (Å²) in [6, 6.07) is 31.7. The number of rotatable bonds is 8. The van der Waals surface area contributed by atoms with Crippen molar-refractivity contribution in [1.29, 1.82) is 0 Å². The van der Waals surface area contributed by atoms with E-state index in [0.717, 1.165) is 85.7 Å². The summed E-state index contributed by atoms with van der Waals surface area (Å²) in [4.78, 5) is 45.5. The molecule has 2 aliphatic rings. The fourth-order valence-electron chi connectivity index (χ4n) is 7.68. The molecule has 2 saturated heterocycles. The van der Waals surface area contributed by atoms with E-state index in [0.29, 0.717) is 30.4 Å². The summed E-state index contributed by atoms with van der Waals surface area (Å²) in [6.45, 7) is 16.1. The van der Waals surface area contributed by atoms with Crippen LogP contribution in [0, 0.1) is 11.8 Å². The number of amides is 2. The highest BCUT2D eigenvalue weighted by atomic mass is 35.5. The minimum Gasteiger partial charge on any atom is -0.444 e. The maximum Gasteiger partial charge on any atom is 0.488 e. The van der Waals surface area contributed by atoms with Crippen molar-refractivity contribution in [2.45, 2.75) is 78.4 Å². The molecule has 0 saturated carbocycles. The molecule has 0 unspecified atom stereocenters.